The van der Waals surface area contributed by atoms with Crippen LogP contribution < -0.4 is 5.56 Å². The van der Waals surface area contributed by atoms with Crippen LogP contribution in [0.3, 0.4) is 0 Å². The highest BCUT2D eigenvalue weighted by atomic mass is 16.1. The Morgan fingerprint density at radius 1 is 1.33 bits per heavy atom. The largest absolute Gasteiger partial charge is 0.325 e. The normalized spacial score (nSPS) is 10.4. The molecule has 2 aromatic rings. The second kappa shape index (κ2) is 2.41. The zero-order valence-electron chi connectivity index (χ0n) is 6.53. The Hall–Kier alpha value is -1.71. The van der Waals surface area contributed by atoms with Crippen LogP contribution in [-0.2, 0) is 0 Å². The molecular formula is C8H7N3O. The van der Waals surface area contributed by atoms with Gasteiger partial charge in [0.2, 0.25) is 0 Å². The van der Waals surface area contributed by atoms with Crippen LogP contribution >= 0.6 is 0 Å². The van der Waals surface area contributed by atoms with Crippen molar-refractivity contribution in [3.63, 3.8) is 0 Å². The fourth-order valence-corrected chi connectivity index (χ4v) is 1.11. The summed E-state index contributed by atoms with van der Waals surface area (Å²) in [6, 6.07) is 1.80. The molecule has 0 bridgehead atoms. The van der Waals surface area contributed by atoms with Gasteiger partial charge in [-0.3, -0.25) is 9.78 Å². The summed E-state index contributed by atoms with van der Waals surface area (Å²) in [5.41, 5.74) is 1.65. The molecule has 0 saturated carbocycles. The number of nitrogens with zero attached hydrogens (tertiary/aromatic N) is 2. The van der Waals surface area contributed by atoms with Crippen LogP contribution in [0.4, 0.5) is 0 Å². The van der Waals surface area contributed by atoms with E-state index in [9.17, 15) is 4.79 Å². The van der Waals surface area contributed by atoms with Crippen molar-refractivity contribution in [2.24, 2.45) is 0 Å². The van der Waals surface area contributed by atoms with Gasteiger partial charge in [0, 0.05) is 18.1 Å². The quantitative estimate of drug-likeness (QED) is 0.616. The van der Waals surface area contributed by atoms with Gasteiger partial charge in [-0.1, -0.05) is 0 Å². The Balaban J connectivity index is 2.99. The molecule has 0 aliphatic heterocycles. The third-order valence-corrected chi connectivity index (χ3v) is 1.61. The molecule has 60 valence electrons. The molecule has 4 nitrogen and oxygen atoms in total. The molecule has 0 fully saturated rings. The van der Waals surface area contributed by atoms with E-state index in [1.54, 1.807) is 12.3 Å². The molecule has 0 amide bonds. The van der Waals surface area contributed by atoms with Crippen LogP contribution in [0.5, 0.6) is 0 Å². The number of hydrogen-bond acceptors (Lipinski definition) is 3. The van der Waals surface area contributed by atoms with E-state index >= 15 is 0 Å². The monoisotopic (exact) mass is 161 g/mol. The van der Waals surface area contributed by atoms with Gasteiger partial charge >= 0.3 is 0 Å². The van der Waals surface area contributed by atoms with Gasteiger partial charge in [0.25, 0.3) is 5.56 Å². The molecule has 2 heterocycles. The van der Waals surface area contributed by atoms with E-state index in [0.717, 1.165) is 5.69 Å². The summed E-state index contributed by atoms with van der Waals surface area (Å²) in [6.07, 6.45) is 3.08. The van der Waals surface area contributed by atoms with E-state index in [4.69, 9.17) is 0 Å². The van der Waals surface area contributed by atoms with Crippen LogP contribution in [0.15, 0.2) is 23.3 Å². The summed E-state index contributed by atoms with van der Waals surface area (Å²) in [5, 5.41) is 0. The second-order valence-electron chi connectivity index (χ2n) is 2.57. The third kappa shape index (κ3) is 0.972. The van der Waals surface area contributed by atoms with Crippen LogP contribution in [0.25, 0.3) is 11.0 Å². The first-order valence-electron chi connectivity index (χ1n) is 3.58. The average molecular weight is 161 g/mol. The standard InChI is InChI=1S/C8H7N3O/c1-5-4-6-7(8(12)11-5)10-3-2-9-6/h2-4H,1H3,(H,11,12). The van der Waals surface area contributed by atoms with Crippen molar-refractivity contribution < 1.29 is 0 Å². The number of aromatic amines is 1. The van der Waals surface area contributed by atoms with Crippen molar-refractivity contribution in [1.82, 2.24) is 15.0 Å². The Labute approximate surface area is 68.3 Å². The Morgan fingerprint density at radius 2 is 2.08 bits per heavy atom. The highest BCUT2D eigenvalue weighted by molar-refractivity contribution is 5.72. The van der Waals surface area contributed by atoms with Crippen LogP contribution in [0, 0.1) is 6.92 Å². The van der Waals surface area contributed by atoms with E-state index in [1.165, 1.54) is 6.20 Å². The molecule has 0 atom stereocenters. The number of aryl methyl sites for hydroxylation is 1. The number of nitrogens with one attached hydrogen (secondary N) is 1. The SMILES string of the molecule is Cc1cc2nccnc2c(=O)[nH]1. The van der Waals surface area contributed by atoms with Crippen LogP contribution in [-0.4, -0.2) is 15.0 Å². The van der Waals surface area contributed by atoms with Crippen LogP contribution in [0.1, 0.15) is 5.69 Å². The van der Waals surface area contributed by atoms with Gasteiger partial charge in [0.15, 0.2) is 5.52 Å². The van der Waals surface area contributed by atoms with Gasteiger partial charge in [-0.15, -0.1) is 0 Å². The second-order valence-corrected chi connectivity index (χ2v) is 2.57. The van der Waals surface area contributed by atoms with E-state index < -0.39 is 0 Å². The summed E-state index contributed by atoms with van der Waals surface area (Å²) >= 11 is 0. The zero-order valence-corrected chi connectivity index (χ0v) is 6.53. The van der Waals surface area contributed by atoms with E-state index in [-0.39, 0.29) is 5.56 Å². The van der Waals surface area contributed by atoms with Gasteiger partial charge in [-0.2, -0.15) is 0 Å². The first-order chi connectivity index (χ1) is 5.77. The highest BCUT2D eigenvalue weighted by Crippen LogP contribution is 2.01. The van der Waals surface area contributed by atoms with Crippen molar-refractivity contribution in [2.45, 2.75) is 6.92 Å². The molecule has 0 unspecified atom stereocenters. The summed E-state index contributed by atoms with van der Waals surface area (Å²) in [6.45, 7) is 1.82. The molecule has 2 rings (SSSR count). The molecule has 2 aromatic heterocycles. The minimum atomic E-state index is -0.182. The molecule has 0 aliphatic carbocycles. The molecular weight excluding hydrogens is 154 g/mol. The Morgan fingerprint density at radius 3 is 2.92 bits per heavy atom. The van der Waals surface area contributed by atoms with E-state index in [2.05, 4.69) is 15.0 Å². The molecule has 12 heavy (non-hydrogen) atoms. The highest BCUT2D eigenvalue weighted by Gasteiger charge is 1.99. The van der Waals surface area contributed by atoms with Gasteiger partial charge in [0.05, 0.1) is 5.52 Å². The smallest absolute Gasteiger partial charge is 0.276 e. The summed E-state index contributed by atoms with van der Waals surface area (Å²) in [5.74, 6) is 0. The molecule has 0 radical (unpaired) electrons. The summed E-state index contributed by atoms with van der Waals surface area (Å²) in [4.78, 5) is 21.8. The minimum absolute atomic E-state index is 0.182. The lowest BCUT2D eigenvalue weighted by atomic mass is 10.3. The maximum absolute atomic E-state index is 11.2. The first kappa shape index (κ1) is 6.97. The minimum Gasteiger partial charge on any atom is -0.325 e. The molecule has 0 aromatic carbocycles. The molecule has 4 heteroatoms. The van der Waals surface area contributed by atoms with E-state index in [0.29, 0.717) is 11.0 Å². The van der Waals surface area contributed by atoms with Crippen molar-refractivity contribution in [2.75, 3.05) is 0 Å². The van der Waals surface area contributed by atoms with Crippen molar-refractivity contribution >= 4 is 11.0 Å². The van der Waals surface area contributed by atoms with Crippen molar-refractivity contribution in [1.29, 1.82) is 0 Å². The summed E-state index contributed by atoms with van der Waals surface area (Å²) in [7, 11) is 0. The third-order valence-electron chi connectivity index (χ3n) is 1.61. The van der Waals surface area contributed by atoms with Gasteiger partial charge in [-0.25, -0.2) is 4.98 Å². The van der Waals surface area contributed by atoms with Gasteiger partial charge in [0.1, 0.15) is 0 Å². The first-order valence-corrected chi connectivity index (χ1v) is 3.58. The van der Waals surface area contributed by atoms with E-state index in [1.807, 2.05) is 6.92 Å². The Kier molecular flexibility index (Phi) is 1.40. The van der Waals surface area contributed by atoms with Crippen molar-refractivity contribution in [3.05, 3.63) is 34.5 Å². The molecule has 0 spiro atoms. The fraction of sp³-hybridized carbons (Fsp3) is 0.125. The lowest BCUT2D eigenvalue weighted by Crippen LogP contribution is -2.09. The number of H-pyrrole nitrogens is 1. The summed E-state index contributed by atoms with van der Waals surface area (Å²) < 4.78 is 0. The number of rotatable bonds is 0. The molecule has 0 aliphatic rings. The number of hydrogen-bond donors (Lipinski definition) is 1. The maximum Gasteiger partial charge on any atom is 0.276 e. The Bertz CT molecular complexity index is 475. The topological polar surface area (TPSA) is 58.6 Å². The fourth-order valence-electron chi connectivity index (χ4n) is 1.11. The number of pyridine rings is 1. The van der Waals surface area contributed by atoms with Gasteiger partial charge < -0.3 is 4.98 Å². The molecule has 1 N–H and O–H groups in total. The van der Waals surface area contributed by atoms with Gasteiger partial charge in [-0.05, 0) is 13.0 Å². The average Bonchev–Trinajstić information content (AvgIpc) is 2.04. The lowest BCUT2D eigenvalue weighted by Gasteiger charge is -1.95. The predicted octanol–water partition coefficient (Wildman–Crippen LogP) is 0.627. The van der Waals surface area contributed by atoms with Crippen LogP contribution in [0.2, 0.25) is 0 Å². The number of aromatic nitrogens is 3. The number of fused-ring (bicyclic) bond motifs is 1. The predicted molar refractivity (Wildman–Crippen MR) is 44.9 cm³/mol. The lowest BCUT2D eigenvalue weighted by molar-refractivity contribution is 1.13. The molecule has 0 saturated heterocycles. The van der Waals surface area contributed by atoms with Crippen molar-refractivity contribution in [3.8, 4) is 0 Å². The maximum atomic E-state index is 11.2. The zero-order chi connectivity index (χ0) is 8.55.